The number of benzene rings is 1. The van der Waals surface area contributed by atoms with Gasteiger partial charge < -0.3 is 4.90 Å². The fourth-order valence-corrected chi connectivity index (χ4v) is 2.78. The van der Waals surface area contributed by atoms with Crippen molar-refractivity contribution in [3.63, 3.8) is 0 Å². The van der Waals surface area contributed by atoms with Gasteiger partial charge in [-0.2, -0.15) is 0 Å². The van der Waals surface area contributed by atoms with Gasteiger partial charge in [-0.1, -0.05) is 32.0 Å². The first-order chi connectivity index (χ1) is 10.5. The summed E-state index contributed by atoms with van der Waals surface area (Å²) in [6, 6.07) is 9.59. The molecule has 1 aromatic heterocycles. The standard InChI is InChI=1S/C17H21N3OS/c1-11(2)15-18-12(3)14(16(19-15)22-5)17(21)20(4)13-9-7-6-8-10-13/h6-11H,1-5H3. The summed E-state index contributed by atoms with van der Waals surface area (Å²) in [5, 5.41) is 0.740. The summed E-state index contributed by atoms with van der Waals surface area (Å²) in [6.45, 7) is 5.98. The molecular formula is C17H21N3OS. The summed E-state index contributed by atoms with van der Waals surface area (Å²) in [4.78, 5) is 23.6. The van der Waals surface area contributed by atoms with Crippen molar-refractivity contribution in [2.75, 3.05) is 18.2 Å². The van der Waals surface area contributed by atoms with Crippen LogP contribution < -0.4 is 4.90 Å². The molecule has 1 amide bonds. The second-order valence-corrected chi connectivity index (χ2v) is 6.20. The van der Waals surface area contributed by atoms with Crippen LogP contribution in [0.3, 0.4) is 0 Å². The Morgan fingerprint density at radius 1 is 1.18 bits per heavy atom. The van der Waals surface area contributed by atoms with Gasteiger partial charge in [0, 0.05) is 18.7 Å². The van der Waals surface area contributed by atoms with E-state index < -0.39 is 0 Å². The van der Waals surface area contributed by atoms with E-state index in [4.69, 9.17) is 0 Å². The van der Waals surface area contributed by atoms with E-state index in [1.165, 1.54) is 11.8 Å². The fraction of sp³-hybridized carbons (Fsp3) is 0.353. The molecule has 0 atom stereocenters. The molecule has 22 heavy (non-hydrogen) atoms. The molecule has 2 aromatic rings. The minimum Gasteiger partial charge on any atom is -0.311 e. The molecule has 1 aromatic carbocycles. The van der Waals surface area contributed by atoms with E-state index in [0.717, 1.165) is 22.2 Å². The third kappa shape index (κ3) is 3.30. The van der Waals surface area contributed by atoms with Gasteiger partial charge >= 0.3 is 0 Å². The van der Waals surface area contributed by atoms with Gasteiger partial charge in [0.1, 0.15) is 10.9 Å². The highest BCUT2D eigenvalue weighted by molar-refractivity contribution is 7.98. The fourth-order valence-electron chi connectivity index (χ4n) is 2.16. The molecule has 0 bridgehead atoms. The maximum atomic E-state index is 12.9. The van der Waals surface area contributed by atoms with Crippen LogP contribution in [0.15, 0.2) is 35.4 Å². The van der Waals surface area contributed by atoms with Gasteiger partial charge in [-0.25, -0.2) is 9.97 Å². The molecule has 0 aliphatic carbocycles. The Balaban J connectivity index is 2.45. The summed E-state index contributed by atoms with van der Waals surface area (Å²) >= 11 is 1.48. The summed E-state index contributed by atoms with van der Waals surface area (Å²) < 4.78 is 0. The van der Waals surface area contributed by atoms with Crippen LogP contribution in [0.2, 0.25) is 0 Å². The Morgan fingerprint density at radius 3 is 2.36 bits per heavy atom. The third-order valence-electron chi connectivity index (χ3n) is 3.45. The Kier molecular flexibility index (Phi) is 5.19. The minimum absolute atomic E-state index is 0.0802. The van der Waals surface area contributed by atoms with E-state index in [-0.39, 0.29) is 11.8 Å². The molecule has 0 aliphatic heterocycles. The van der Waals surface area contributed by atoms with Gasteiger partial charge in [-0.05, 0) is 25.3 Å². The quantitative estimate of drug-likeness (QED) is 0.634. The number of carbonyl (C=O) groups is 1. The van der Waals surface area contributed by atoms with Crippen LogP contribution >= 0.6 is 11.8 Å². The second kappa shape index (κ2) is 6.92. The van der Waals surface area contributed by atoms with E-state index in [1.54, 1.807) is 11.9 Å². The van der Waals surface area contributed by atoms with Crippen LogP contribution in [0.4, 0.5) is 5.69 Å². The number of aryl methyl sites for hydroxylation is 1. The molecule has 0 saturated carbocycles. The van der Waals surface area contributed by atoms with Crippen molar-refractivity contribution in [2.45, 2.75) is 31.7 Å². The number of carbonyl (C=O) groups excluding carboxylic acids is 1. The number of nitrogens with zero attached hydrogens (tertiary/aromatic N) is 3. The molecule has 2 rings (SSSR count). The number of anilines is 1. The number of hydrogen-bond acceptors (Lipinski definition) is 4. The summed E-state index contributed by atoms with van der Waals surface area (Å²) in [7, 11) is 1.78. The molecule has 0 fully saturated rings. The van der Waals surface area contributed by atoms with Crippen molar-refractivity contribution in [1.29, 1.82) is 0 Å². The molecule has 0 radical (unpaired) electrons. The lowest BCUT2D eigenvalue weighted by Gasteiger charge is -2.20. The maximum absolute atomic E-state index is 12.9. The number of aromatic nitrogens is 2. The number of thioether (sulfide) groups is 1. The predicted octanol–water partition coefficient (Wildman–Crippen LogP) is 3.91. The topological polar surface area (TPSA) is 46.1 Å². The van der Waals surface area contributed by atoms with Gasteiger partial charge in [-0.3, -0.25) is 4.79 Å². The Labute approximate surface area is 136 Å². The van der Waals surface area contributed by atoms with E-state index >= 15 is 0 Å². The van der Waals surface area contributed by atoms with Gasteiger partial charge in [0.25, 0.3) is 5.91 Å². The highest BCUT2D eigenvalue weighted by Crippen LogP contribution is 2.25. The molecule has 4 nitrogen and oxygen atoms in total. The van der Waals surface area contributed by atoms with E-state index in [1.807, 2.05) is 43.5 Å². The van der Waals surface area contributed by atoms with E-state index in [9.17, 15) is 4.79 Å². The zero-order valence-corrected chi connectivity index (χ0v) is 14.4. The summed E-state index contributed by atoms with van der Waals surface area (Å²) in [5.41, 5.74) is 2.17. The molecular weight excluding hydrogens is 294 g/mol. The Morgan fingerprint density at radius 2 is 1.82 bits per heavy atom. The number of hydrogen-bond donors (Lipinski definition) is 0. The van der Waals surface area contributed by atoms with Crippen molar-refractivity contribution < 1.29 is 4.79 Å². The zero-order valence-electron chi connectivity index (χ0n) is 13.6. The lowest BCUT2D eigenvalue weighted by atomic mass is 10.1. The second-order valence-electron chi connectivity index (χ2n) is 5.41. The molecule has 5 heteroatoms. The minimum atomic E-state index is -0.0802. The Bertz CT molecular complexity index is 671. The first kappa shape index (κ1) is 16.5. The monoisotopic (exact) mass is 315 g/mol. The van der Waals surface area contributed by atoms with Crippen molar-refractivity contribution in [3.05, 3.63) is 47.4 Å². The molecule has 1 heterocycles. The first-order valence-corrected chi connectivity index (χ1v) is 8.43. The summed E-state index contributed by atoms with van der Waals surface area (Å²) in [5.74, 6) is 0.935. The Hall–Kier alpha value is -1.88. The van der Waals surface area contributed by atoms with Gasteiger partial charge in [0.15, 0.2) is 0 Å². The molecule has 0 N–H and O–H groups in total. The predicted molar refractivity (Wildman–Crippen MR) is 91.8 cm³/mol. The molecule has 0 unspecified atom stereocenters. The maximum Gasteiger partial charge on any atom is 0.262 e. The first-order valence-electron chi connectivity index (χ1n) is 7.21. The van der Waals surface area contributed by atoms with Crippen molar-refractivity contribution >= 4 is 23.4 Å². The molecule has 0 spiro atoms. The van der Waals surface area contributed by atoms with Gasteiger partial charge in [0.2, 0.25) is 0 Å². The van der Waals surface area contributed by atoms with Crippen LogP contribution in [0.5, 0.6) is 0 Å². The van der Waals surface area contributed by atoms with Crippen LogP contribution in [0, 0.1) is 6.92 Å². The zero-order chi connectivity index (χ0) is 16.3. The average Bonchev–Trinajstić information content (AvgIpc) is 2.53. The molecule has 0 aliphatic rings. The lowest BCUT2D eigenvalue weighted by Crippen LogP contribution is -2.28. The molecule has 0 saturated heterocycles. The lowest BCUT2D eigenvalue weighted by molar-refractivity contribution is 0.0988. The largest absolute Gasteiger partial charge is 0.311 e. The third-order valence-corrected chi connectivity index (χ3v) is 4.13. The van der Waals surface area contributed by atoms with Gasteiger partial charge in [-0.15, -0.1) is 11.8 Å². The van der Waals surface area contributed by atoms with Gasteiger partial charge in [0.05, 0.1) is 11.3 Å². The van der Waals surface area contributed by atoms with Crippen LogP contribution in [-0.4, -0.2) is 29.2 Å². The smallest absolute Gasteiger partial charge is 0.262 e. The summed E-state index contributed by atoms with van der Waals surface area (Å²) in [6.07, 6.45) is 1.94. The van der Waals surface area contributed by atoms with E-state index in [0.29, 0.717) is 5.56 Å². The number of rotatable bonds is 4. The highest BCUT2D eigenvalue weighted by Gasteiger charge is 2.22. The number of amides is 1. The van der Waals surface area contributed by atoms with Crippen LogP contribution in [0.1, 0.15) is 41.6 Å². The van der Waals surface area contributed by atoms with Crippen molar-refractivity contribution in [3.8, 4) is 0 Å². The van der Waals surface area contributed by atoms with Crippen LogP contribution in [-0.2, 0) is 0 Å². The number of para-hydroxylation sites is 1. The van der Waals surface area contributed by atoms with Crippen LogP contribution in [0.25, 0.3) is 0 Å². The van der Waals surface area contributed by atoms with Crippen molar-refractivity contribution in [2.24, 2.45) is 0 Å². The molecule has 116 valence electrons. The normalized spacial score (nSPS) is 10.8. The average molecular weight is 315 g/mol. The highest BCUT2D eigenvalue weighted by atomic mass is 32.2. The SMILES string of the molecule is CSc1nc(C(C)C)nc(C)c1C(=O)N(C)c1ccccc1. The van der Waals surface area contributed by atoms with E-state index in [2.05, 4.69) is 23.8 Å². The van der Waals surface area contributed by atoms with Crippen molar-refractivity contribution in [1.82, 2.24) is 9.97 Å².